The van der Waals surface area contributed by atoms with Crippen LogP contribution in [-0.2, 0) is 18.3 Å². The molecule has 9 heteroatoms. The average molecular weight is 518 g/mol. The first-order chi connectivity index (χ1) is 18.5. The van der Waals surface area contributed by atoms with E-state index in [4.69, 9.17) is 14.5 Å². The van der Waals surface area contributed by atoms with Crippen molar-refractivity contribution in [2.24, 2.45) is 7.05 Å². The Hall–Kier alpha value is -4.11. The Labute approximate surface area is 221 Å². The van der Waals surface area contributed by atoms with Crippen LogP contribution in [0.1, 0.15) is 5.82 Å². The number of benzene rings is 3. The number of hydrogen-bond acceptors (Lipinski definition) is 6. The monoisotopic (exact) mass is 517 g/mol. The van der Waals surface area contributed by atoms with Gasteiger partial charge in [-0.3, -0.25) is 9.69 Å². The summed E-state index contributed by atoms with van der Waals surface area (Å²) in [6, 6.07) is 19.6. The number of hydrogen-bond donors (Lipinski definition) is 1. The highest BCUT2D eigenvalue weighted by molar-refractivity contribution is 5.94. The van der Waals surface area contributed by atoms with E-state index in [1.807, 2.05) is 37.4 Å². The fourth-order valence-corrected chi connectivity index (χ4v) is 4.71. The molecule has 0 atom stereocenters. The summed E-state index contributed by atoms with van der Waals surface area (Å²) in [5.41, 5.74) is 3.62. The summed E-state index contributed by atoms with van der Waals surface area (Å²) in [4.78, 5) is 22.0. The summed E-state index contributed by atoms with van der Waals surface area (Å²) in [6.07, 6.45) is 0.832. The number of halogens is 1. The quantitative estimate of drug-likeness (QED) is 0.361. The third-order valence-corrected chi connectivity index (χ3v) is 6.90. The molecular weight excluding hydrogens is 485 g/mol. The highest BCUT2D eigenvalue weighted by Gasteiger charge is 2.18. The number of rotatable bonds is 9. The largest absolute Gasteiger partial charge is 0.497 e. The second-order valence-corrected chi connectivity index (χ2v) is 9.36. The van der Waals surface area contributed by atoms with Gasteiger partial charge >= 0.3 is 0 Å². The molecule has 0 spiro atoms. The molecule has 4 aromatic rings. The Kier molecular flexibility index (Phi) is 7.74. The number of carbonyl (C=O) groups excluding carboxylic acids is 1. The molecule has 1 fully saturated rings. The molecule has 1 saturated heterocycles. The van der Waals surface area contributed by atoms with E-state index in [-0.39, 0.29) is 18.3 Å². The number of carbonyl (C=O) groups is 1. The molecule has 8 nitrogen and oxygen atoms in total. The molecule has 1 aromatic heterocycles. The lowest BCUT2D eigenvalue weighted by molar-refractivity contribution is -0.118. The fraction of sp³-hybridized carbons (Fsp3) is 0.310. The van der Waals surface area contributed by atoms with Crippen LogP contribution in [-0.4, -0.2) is 66.8 Å². The van der Waals surface area contributed by atoms with E-state index in [0.29, 0.717) is 11.4 Å². The molecule has 0 bridgehead atoms. The molecule has 1 aliphatic heterocycles. The summed E-state index contributed by atoms with van der Waals surface area (Å²) >= 11 is 0. The van der Waals surface area contributed by atoms with Crippen molar-refractivity contribution >= 4 is 28.3 Å². The highest BCUT2D eigenvalue weighted by atomic mass is 19.1. The SMILES string of the molecule is COc1ccc(OCC(=O)Nc2ccc3c(c2)nc(CCN2CCN(c4ccc(F)cc4)CC2)n3C)cc1. The van der Waals surface area contributed by atoms with Crippen molar-refractivity contribution in [2.75, 3.05) is 56.7 Å². The predicted molar refractivity (Wildman–Crippen MR) is 147 cm³/mol. The molecule has 0 saturated carbocycles. The van der Waals surface area contributed by atoms with Gasteiger partial charge in [0.1, 0.15) is 23.1 Å². The van der Waals surface area contributed by atoms with Crippen LogP contribution in [0.3, 0.4) is 0 Å². The molecule has 5 rings (SSSR count). The topological polar surface area (TPSA) is 71.9 Å². The van der Waals surface area contributed by atoms with Gasteiger partial charge in [0, 0.05) is 57.6 Å². The smallest absolute Gasteiger partial charge is 0.262 e. The van der Waals surface area contributed by atoms with Crippen molar-refractivity contribution in [3.05, 3.63) is 78.4 Å². The second kappa shape index (κ2) is 11.5. The third-order valence-electron chi connectivity index (χ3n) is 6.90. The van der Waals surface area contributed by atoms with Crippen molar-refractivity contribution in [3.8, 4) is 11.5 Å². The lowest BCUT2D eigenvalue weighted by Crippen LogP contribution is -2.47. The van der Waals surface area contributed by atoms with Crippen LogP contribution >= 0.6 is 0 Å². The first kappa shape index (κ1) is 25.5. The second-order valence-electron chi connectivity index (χ2n) is 9.36. The van der Waals surface area contributed by atoms with Gasteiger partial charge in [0.2, 0.25) is 0 Å². The molecule has 3 aromatic carbocycles. The summed E-state index contributed by atoms with van der Waals surface area (Å²) < 4.78 is 26.0. The zero-order valence-corrected chi connectivity index (χ0v) is 21.7. The summed E-state index contributed by atoms with van der Waals surface area (Å²) in [7, 11) is 3.63. The number of ether oxygens (including phenoxy) is 2. The van der Waals surface area contributed by atoms with Gasteiger partial charge in [-0.15, -0.1) is 0 Å². The van der Waals surface area contributed by atoms with Crippen molar-refractivity contribution in [3.63, 3.8) is 0 Å². The Morgan fingerprint density at radius 2 is 1.68 bits per heavy atom. The van der Waals surface area contributed by atoms with E-state index in [2.05, 4.69) is 19.7 Å². The van der Waals surface area contributed by atoms with Crippen LogP contribution in [0.5, 0.6) is 11.5 Å². The minimum Gasteiger partial charge on any atom is -0.497 e. The number of amides is 1. The molecule has 1 amide bonds. The standard InChI is InChI=1S/C29H32FN5O3/c1-33-27-12-5-22(31-29(36)20-38-25-10-8-24(37-2)9-11-25)19-26(27)32-28(33)13-14-34-15-17-35(18-16-34)23-6-3-21(30)4-7-23/h3-12,19H,13-18,20H2,1-2H3,(H,31,36). The van der Waals surface area contributed by atoms with Crippen LogP contribution in [0.2, 0.25) is 0 Å². The van der Waals surface area contributed by atoms with Crippen molar-refractivity contribution < 1.29 is 18.7 Å². The number of aryl methyl sites for hydroxylation is 1. The molecule has 0 aliphatic carbocycles. The summed E-state index contributed by atoms with van der Waals surface area (Å²) in [6.45, 7) is 4.57. The Morgan fingerprint density at radius 1 is 0.974 bits per heavy atom. The number of nitrogens with zero attached hydrogens (tertiary/aromatic N) is 4. The van der Waals surface area contributed by atoms with Gasteiger partial charge < -0.3 is 24.3 Å². The predicted octanol–water partition coefficient (Wildman–Crippen LogP) is 4.10. The maximum atomic E-state index is 13.2. The van der Waals surface area contributed by atoms with Gasteiger partial charge in [-0.2, -0.15) is 0 Å². The van der Waals surface area contributed by atoms with E-state index in [0.717, 1.165) is 67.4 Å². The maximum absolute atomic E-state index is 13.2. The van der Waals surface area contributed by atoms with Gasteiger partial charge in [-0.25, -0.2) is 9.37 Å². The first-order valence-electron chi connectivity index (χ1n) is 12.7. The third kappa shape index (κ3) is 6.06. The minimum atomic E-state index is -0.240. The van der Waals surface area contributed by atoms with Gasteiger partial charge in [-0.1, -0.05) is 0 Å². The molecule has 0 radical (unpaired) electrons. The van der Waals surface area contributed by atoms with Gasteiger partial charge in [0.25, 0.3) is 5.91 Å². The molecule has 0 unspecified atom stereocenters. The number of methoxy groups -OCH3 is 1. The first-order valence-corrected chi connectivity index (χ1v) is 12.7. The van der Waals surface area contributed by atoms with Gasteiger partial charge in [0.15, 0.2) is 6.61 Å². The Morgan fingerprint density at radius 3 is 2.39 bits per heavy atom. The average Bonchev–Trinajstić information content (AvgIpc) is 3.26. The zero-order chi connectivity index (χ0) is 26.5. The van der Waals surface area contributed by atoms with Gasteiger partial charge in [0.05, 0.1) is 18.1 Å². The van der Waals surface area contributed by atoms with Crippen LogP contribution in [0.4, 0.5) is 15.8 Å². The molecule has 1 N–H and O–H groups in total. The Bertz CT molecular complexity index is 1380. The van der Waals surface area contributed by atoms with E-state index in [1.165, 1.54) is 12.1 Å². The van der Waals surface area contributed by atoms with Crippen LogP contribution < -0.4 is 19.7 Å². The van der Waals surface area contributed by atoms with Crippen LogP contribution in [0.25, 0.3) is 11.0 Å². The lowest BCUT2D eigenvalue weighted by Gasteiger charge is -2.36. The zero-order valence-electron chi connectivity index (χ0n) is 21.7. The minimum absolute atomic E-state index is 0.0910. The fourth-order valence-electron chi connectivity index (χ4n) is 4.71. The van der Waals surface area contributed by atoms with Crippen LogP contribution in [0, 0.1) is 5.82 Å². The van der Waals surface area contributed by atoms with Crippen molar-refractivity contribution in [1.82, 2.24) is 14.5 Å². The lowest BCUT2D eigenvalue weighted by atomic mass is 10.2. The number of imidazole rings is 1. The number of fused-ring (bicyclic) bond motifs is 1. The summed E-state index contributed by atoms with van der Waals surface area (Å²) in [5.74, 6) is 1.89. The van der Waals surface area contributed by atoms with E-state index in [9.17, 15) is 9.18 Å². The van der Waals surface area contributed by atoms with Crippen LogP contribution in [0.15, 0.2) is 66.7 Å². The maximum Gasteiger partial charge on any atom is 0.262 e. The molecule has 1 aliphatic rings. The normalized spacial score (nSPS) is 14.0. The van der Waals surface area contributed by atoms with Gasteiger partial charge in [-0.05, 0) is 66.7 Å². The molecule has 198 valence electrons. The van der Waals surface area contributed by atoms with Crippen molar-refractivity contribution in [1.29, 1.82) is 0 Å². The van der Waals surface area contributed by atoms with E-state index >= 15 is 0 Å². The molecule has 38 heavy (non-hydrogen) atoms. The molecular formula is C29H32FN5O3. The summed E-state index contributed by atoms with van der Waals surface area (Å²) in [5, 5.41) is 2.89. The number of anilines is 2. The van der Waals surface area contributed by atoms with Crippen molar-refractivity contribution in [2.45, 2.75) is 6.42 Å². The highest BCUT2D eigenvalue weighted by Crippen LogP contribution is 2.22. The number of piperazine rings is 1. The Balaban J connectivity index is 1.13. The molecule has 2 heterocycles. The number of aromatic nitrogens is 2. The van der Waals surface area contributed by atoms with E-state index in [1.54, 1.807) is 31.4 Å². The number of nitrogens with one attached hydrogen (secondary N) is 1. The van der Waals surface area contributed by atoms with E-state index < -0.39 is 0 Å².